The van der Waals surface area contributed by atoms with Crippen molar-refractivity contribution in [1.82, 2.24) is 5.32 Å². The molecule has 1 aromatic rings. The van der Waals surface area contributed by atoms with Crippen LogP contribution in [0.5, 0.6) is 5.75 Å². The summed E-state index contributed by atoms with van der Waals surface area (Å²) in [4.78, 5) is 22.8. The molecule has 0 aliphatic carbocycles. The first-order valence-electron chi connectivity index (χ1n) is 7.59. The fourth-order valence-electron chi connectivity index (χ4n) is 2.22. The van der Waals surface area contributed by atoms with E-state index >= 15 is 0 Å². The highest BCUT2D eigenvalue weighted by Crippen LogP contribution is 2.16. The van der Waals surface area contributed by atoms with Crippen molar-refractivity contribution in [1.29, 1.82) is 0 Å². The van der Waals surface area contributed by atoms with E-state index in [0.29, 0.717) is 30.5 Å². The number of carbonyl (C=O) groups is 2. The predicted molar refractivity (Wildman–Crippen MR) is 84.5 cm³/mol. The highest BCUT2D eigenvalue weighted by molar-refractivity contribution is 5.89. The van der Waals surface area contributed by atoms with E-state index in [0.717, 1.165) is 19.4 Å². The zero-order valence-corrected chi connectivity index (χ0v) is 13.2. The lowest BCUT2D eigenvalue weighted by atomic mass is 10.0. The van der Waals surface area contributed by atoms with Crippen molar-refractivity contribution in [2.45, 2.75) is 12.8 Å². The van der Waals surface area contributed by atoms with Crippen molar-refractivity contribution in [3.63, 3.8) is 0 Å². The second-order valence-electron chi connectivity index (χ2n) is 5.31. The summed E-state index contributed by atoms with van der Waals surface area (Å²) in [6, 6.07) is 6.51. The summed E-state index contributed by atoms with van der Waals surface area (Å²) >= 11 is 0. The zero-order chi connectivity index (χ0) is 16.5. The molecule has 0 bridgehead atoms. The van der Waals surface area contributed by atoms with Gasteiger partial charge in [0.15, 0.2) is 6.61 Å². The molecule has 1 atom stereocenters. The van der Waals surface area contributed by atoms with E-state index in [2.05, 4.69) is 15.4 Å². The first-order chi connectivity index (χ1) is 11.2. The summed E-state index contributed by atoms with van der Waals surface area (Å²) in [6.07, 6.45) is 2.12. The fourth-order valence-corrected chi connectivity index (χ4v) is 2.22. The number of rotatable bonds is 6. The molecule has 7 nitrogen and oxygen atoms in total. The Balaban J connectivity index is 1.71. The number of carbonyl (C=O) groups excluding carboxylic acids is 2. The van der Waals surface area contributed by atoms with Crippen LogP contribution >= 0.6 is 0 Å². The van der Waals surface area contributed by atoms with Crippen molar-refractivity contribution >= 4 is 17.7 Å². The van der Waals surface area contributed by atoms with Gasteiger partial charge in [0.2, 0.25) is 0 Å². The molecule has 0 saturated carbocycles. The Labute approximate surface area is 135 Å². The van der Waals surface area contributed by atoms with E-state index in [1.165, 1.54) is 7.11 Å². The minimum atomic E-state index is -0.446. The molecule has 1 unspecified atom stereocenters. The number of benzene rings is 1. The maximum Gasteiger partial charge on any atom is 0.343 e. The van der Waals surface area contributed by atoms with Gasteiger partial charge in [-0.2, -0.15) is 0 Å². The van der Waals surface area contributed by atoms with E-state index in [-0.39, 0.29) is 12.6 Å². The van der Waals surface area contributed by atoms with Gasteiger partial charge in [-0.1, -0.05) is 0 Å². The third kappa shape index (κ3) is 6.15. The molecule has 2 rings (SSSR count). The summed E-state index contributed by atoms with van der Waals surface area (Å²) in [5.41, 5.74) is 0.646. The van der Waals surface area contributed by atoms with Crippen LogP contribution in [0, 0.1) is 5.92 Å². The molecule has 23 heavy (non-hydrogen) atoms. The van der Waals surface area contributed by atoms with E-state index in [4.69, 9.17) is 9.47 Å². The zero-order valence-electron chi connectivity index (χ0n) is 13.2. The van der Waals surface area contributed by atoms with Gasteiger partial charge in [-0.3, -0.25) is 0 Å². The lowest BCUT2D eigenvalue weighted by molar-refractivity contribution is -0.142. The summed E-state index contributed by atoms with van der Waals surface area (Å²) in [6.45, 7) is 1.97. The minimum Gasteiger partial charge on any atom is -0.482 e. The van der Waals surface area contributed by atoms with Gasteiger partial charge in [0.25, 0.3) is 0 Å². The lowest BCUT2D eigenvalue weighted by Gasteiger charge is -2.22. The third-order valence-electron chi connectivity index (χ3n) is 3.50. The third-order valence-corrected chi connectivity index (χ3v) is 3.50. The van der Waals surface area contributed by atoms with E-state index < -0.39 is 5.97 Å². The molecule has 126 valence electrons. The average molecular weight is 322 g/mol. The van der Waals surface area contributed by atoms with Crippen LogP contribution in [-0.2, 0) is 14.3 Å². The van der Waals surface area contributed by atoms with Crippen LogP contribution in [0.1, 0.15) is 12.8 Å². The Morgan fingerprint density at radius 1 is 1.30 bits per heavy atom. The van der Waals surface area contributed by atoms with Crippen LogP contribution in [0.4, 0.5) is 10.5 Å². The number of urea groups is 1. The lowest BCUT2D eigenvalue weighted by Crippen LogP contribution is -2.35. The van der Waals surface area contributed by atoms with E-state index in [9.17, 15) is 9.59 Å². The molecule has 1 heterocycles. The van der Waals surface area contributed by atoms with Gasteiger partial charge >= 0.3 is 12.0 Å². The number of amides is 2. The highest BCUT2D eigenvalue weighted by atomic mass is 16.6. The molecule has 1 aliphatic rings. The van der Waals surface area contributed by atoms with Gasteiger partial charge in [-0.25, -0.2) is 9.59 Å². The van der Waals surface area contributed by atoms with Crippen LogP contribution in [0.2, 0.25) is 0 Å². The Morgan fingerprint density at radius 3 is 2.74 bits per heavy atom. The van der Waals surface area contributed by atoms with Gasteiger partial charge in [-0.05, 0) is 43.0 Å². The van der Waals surface area contributed by atoms with Crippen molar-refractivity contribution < 1.29 is 23.8 Å². The second-order valence-corrected chi connectivity index (χ2v) is 5.31. The van der Waals surface area contributed by atoms with Gasteiger partial charge in [0.1, 0.15) is 5.75 Å². The molecule has 2 amide bonds. The molecule has 1 saturated heterocycles. The number of anilines is 1. The van der Waals surface area contributed by atoms with Gasteiger partial charge in [-0.15, -0.1) is 0 Å². The number of esters is 1. The Morgan fingerprint density at radius 2 is 2.09 bits per heavy atom. The van der Waals surface area contributed by atoms with Crippen LogP contribution in [0.3, 0.4) is 0 Å². The summed E-state index contributed by atoms with van der Waals surface area (Å²) in [5.74, 6) is 0.461. The quantitative estimate of drug-likeness (QED) is 0.780. The molecule has 7 heteroatoms. The molecule has 1 aliphatic heterocycles. The van der Waals surface area contributed by atoms with E-state index in [1.54, 1.807) is 24.3 Å². The summed E-state index contributed by atoms with van der Waals surface area (Å²) in [7, 11) is 1.30. The van der Waals surface area contributed by atoms with Gasteiger partial charge in [0, 0.05) is 18.8 Å². The molecule has 0 radical (unpaired) electrons. The Bertz CT molecular complexity index is 512. The Hall–Kier alpha value is -2.28. The standard InChI is InChI=1S/C16H22N2O5/c1-21-15(19)11-23-14-6-4-13(5-7-14)18-16(20)17-9-12-3-2-8-22-10-12/h4-7,12H,2-3,8-11H2,1H3,(H2,17,18,20). The first-order valence-corrected chi connectivity index (χ1v) is 7.59. The average Bonchev–Trinajstić information content (AvgIpc) is 2.60. The molecule has 1 aromatic carbocycles. The number of hydrogen-bond donors (Lipinski definition) is 2. The second kappa shape index (κ2) is 8.99. The van der Waals surface area contributed by atoms with Crippen LogP contribution in [-0.4, -0.2) is 45.5 Å². The molecule has 1 fully saturated rings. The smallest absolute Gasteiger partial charge is 0.343 e. The Kier molecular flexibility index (Phi) is 6.68. The van der Waals surface area contributed by atoms with Crippen LogP contribution < -0.4 is 15.4 Å². The monoisotopic (exact) mass is 322 g/mol. The molecular formula is C16H22N2O5. The van der Waals surface area contributed by atoms with Crippen molar-refractivity contribution in [3.8, 4) is 5.75 Å². The fraction of sp³-hybridized carbons (Fsp3) is 0.500. The maximum atomic E-state index is 11.8. The maximum absolute atomic E-state index is 11.8. The summed E-state index contributed by atoms with van der Waals surface area (Å²) < 4.78 is 15.1. The van der Waals surface area contributed by atoms with Crippen LogP contribution in [0.25, 0.3) is 0 Å². The normalized spacial score (nSPS) is 17.2. The molecule has 0 spiro atoms. The van der Waals surface area contributed by atoms with Gasteiger partial charge < -0.3 is 24.8 Å². The van der Waals surface area contributed by atoms with Crippen molar-refractivity contribution in [2.75, 3.05) is 38.8 Å². The summed E-state index contributed by atoms with van der Waals surface area (Å²) in [5, 5.41) is 5.59. The molecular weight excluding hydrogens is 300 g/mol. The highest BCUT2D eigenvalue weighted by Gasteiger charge is 2.14. The van der Waals surface area contributed by atoms with Crippen molar-refractivity contribution in [2.24, 2.45) is 5.92 Å². The van der Waals surface area contributed by atoms with Gasteiger partial charge in [0.05, 0.1) is 13.7 Å². The minimum absolute atomic E-state index is 0.146. The van der Waals surface area contributed by atoms with E-state index in [1.807, 2.05) is 0 Å². The van der Waals surface area contributed by atoms with Crippen molar-refractivity contribution in [3.05, 3.63) is 24.3 Å². The number of ether oxygens (including phenoxy) is 3. The predicted octanol–water partition coefficient (Wildman–Crippen LogP) is 1.79. The van der Waals surface area contributed by atoms with Crippen LogP contribution in [0.15, 0.2) is 24.3 Å². The SMILES string of the molecule is COC(=O)COc1ccc(NC(=O)NCC2CCCOC2)cc1. The molecule has 0 aromatic heterocycles. The first kappa shape index (κ1) is 17.1. The number of hydrogen-bond acceptors (Lipinski definition) is 5. The largest absolute Gasteiger partial charge is 0.482 e. The topological polar surface area (TPSA) is 85.9 Å². The number of methoxy groups -OCH3 is 1. The molecule has 2 N–H and O–H groups in total. The number of nitrogens with one attached hydrogen (secondary N) is 2.